The quantitative estimate of drug-likeness (QED) is 0.872. The van der Waals surface area contributed by atoms with Gasteiger partial charge in [-0.15, -0.1) is 0 Å². The summed E-state index contributed by atoms with van der Waals surface area (Å²) in [7, 11) is 0. The van der Waals surface area contributed by atoms with Crippen LogP contribution in [0.4, 0.5) is 4.79 Å². The number of carbonyl (C=O) groups excluding carboxylic acids is 1. The van der Waals surface area contributed by atoms with Crippen LogP contribution in [0.1, 0.15) is 32.8 Å². The van der Waals surface area contributed by atoms with Crippen molar-refractivity contribution in [1.29, 1.82) is 0 Å². The minimum atomic E-state index is -0.806. The Morgan fingerprint density at radius 2 is 2.05 bits per heavy atom. The first kappa shape index (κ1) is 16.0. The van der Waals surface area contributed by atoms with E-state index in [1.54, 1.807) is 13.8 Å². The van der Waals surface area contributed by atoms with Gasteiger partial charge in [0.15, 0.2) is 0 Å². The number of carbonyl (C=O) groups is 1. The number of ether oxygens (including phenoxy) is 1. The molecule has 1 aromatic carbocycles. The van der Waals surface area contributed by atoms with Crippen molar-refractivity contribution < 1.29 is 14.6 Å². The second-order valence-corrected chi connectivity index (χ2v) is 6.50. The monoisotopic (exact) mass is 329 g/mol. The molecule has 19 heavy (non-hydrogen) atoms. The third kappa shape index (κ3) is 4.51. The number of amides is 1. The number of benzene rings is 1. The Bertz CT molecular complexity index is 462. The zero-order chi connectivity index (χ0) is 14.7. The number of aliphatic hydroxyl groups excluding tert-OH is 1. The summed E-state index contributed by atoms with van der Waals surface area (Å²) < 4.78 is 6.05. The van der Waals surface area contributed by atoms with E-state index in [1.165, 1.54) is 0 Å². The Hall–Kier alpha value is -1.07. The zero-order valence-corrected chi connectivity index (χ0v) is 13.0. The SMILES string of the molecule is CC(C)(CC(C)(CO)c1cccc(Br)c1)OC(N)=O. The van der Waals surface area contributed by atoms with E-state index >= 15 is 0 Å². The number of rotatable bonds is 5. The van der Waals surface area contributed by atoms with Gasteiger partial charge < -0.3 is 15.6 Å². The van der Waals surface area contributed by atoms with E-state index in [0.717, 1.165) is 10.0 Å². The fourth-order valence-electron chi connectivity index (χ4n) is 2.36. The van der Waals surface area contributed by atoms with Crippen molar-refractivity contribution in [3.63, 3.8) is 0 Å². The molecule has 0 aliphatic carbocycles. The van der Waals surface area contributed by atoms with Crippen LogP contribution in [0.5, 0.6) is 0 Å². The molecular formula is C14H20BrNO3. The molecule has 3 N–H and O–H groups in total. The first-order valence-electron chi connectivity index (χ1n) is 6.04. The number of hydrogen-bond acceptors (Lipinski definition) is 3. The molecule has 5 heteroatoms. The smallest absolute Gasteiger partial charge is 0.405 e. The molecule has 1 amide bonds. The van der Waals surface area contributed by atoms with E-state index in [9.17, 15) is 9.90 Å². The summed E-state index contributed by atoms with van der Waals surface area (Å²) >= 11 is 3.42. The molecule has 0 radical (unpaired) electrons. The van der Waals surface area contributed by atoms with Crippen LogP contribution in [0.2, 0.25) is 0 Å². The highest BCUT2D eigenvalue weighted by Gasteiger charge is 2.35. The van der Waals surface area contributed by atoms with Crippen LogP contribution >= 0.6 is 15.9 Å². The molecule has 1 unspecified atom stereocenters. The lowest BCUT2D eigenvalue weighted by atomic mass is 9.75. The molecule has 0 aromatic heterocycles. The van der Waals surface area contributed by atoms with Gasteiger partial charge in [0, 0.05) is 9.89 Å². The summed E-state index contributed by atoms with van der Waals surface area (Å²) in [5.74, 6) is 0. The van der Waals surface area contributed by atoms with Gasteiger partial charge in [-0.2, -0.15) is 0 Å². The second-order valence-electron chi connectivity index (χ2n) is 5.59. The maximum atomic E-state index is 10.9. The van der Waals surface area contributed by atoms with Gasteiger partial charge in [-0.3, -0.25) is 0 Å². The maximum absolute atomic E-state index is 10.9. The average Bonchev–Trinajstić information content (AvgIpc) is 2.26. The highest BCUT2D eigenvalue weighted by molar-refractivity contribution is 9.10. The van der Waals surface area contributed by atoms with Gasteiger partial charge in [0.1, 0.15) is 5.60 Å². The van der Waals surface area contributed by atoms with Gasteiger partial charge in [-0.1, -0.05) is 35.0 Å². The molecular weight excluding hydrogens is 310 g/mol. The first-order valence-corrected chi connectivity index (χ1v) is 6.83. The van der Waals surface area contributed by atoms with Crippen LogP contribution in [0.3, 0.4) is 0 Å². The lowest BCUT2D eigenvalue weighted by Crippen LogP contribution is -2.40. The molecule has 106 valence electrons. The highest BCUT2D eigenvalue weighted by atomic mass is 79.9. The number of halogens is 1. The predicted molar refractivity (Wildman–Crippen MR) is 77.9 cm³/mol. The van der Waals surface area contributed by atoms with Crippen LogP contribution in [0, 0.1) is 0 Å². The third-order valence-electron chi connectivity index (χ3n) is 3.06. The Labute approximate surface area is 122 Å². The van der Waals surface area contributed by atoms with Gasteiger partial charge in [-0.25, -0.2) is 4.79 Å². The minimum absolute atomic E-state index is 0.0466. The van der Waals surface area contributed by atoms with Crippen molar-refractivity contribution in [3.05, 3.63) is 34.3 Å². The summed E-state index contributed by atoms with van der Waals surface area (Å²) in [6.07, 6.45) is -0.338. The fraction of sp³-hybridized carbons (Fsp3) is 0.500. The summed E-state index contributed by atoms with van der Waals surface area (Å²) in [6, 6.07) is 7.74. The van der Waals surface area contributed by atoms with E-state index in [4.69, 9.17) is 10.5 Å². The number of primary amides is 1. The molecule has 4 nitrogen and oxygen atoms in total. The summed E-state index contributed by atoms with van der Waals surface area (Å²) in [4.78, 5) is 10.9. The summed E-state index contributed by atoms with van der Waals surface area (Å²) in [6.45, 7) is 5.45. The standard InChI is InChI=1S/C14H20BrNO3/c1-13(2,19-12(16)18)8-14(3,9-17)10-5-4-6-11(15)7-10/h4-7,17H,8-9H2,1-3H3,(H2,16,18). The van der Waals surface area contributed by atoms with Gasteiger partial charge in [-0.05, 0) is 38.0 Å². The highest BCUT2D eigenvalue weighted by Crippen LogP contribution is 2.35. The molecule has 1 rings (SSSR count). The van der Waals surface area contributed by atoms with Crippen molar-refractivity contribution in [3.8, 4) is 0 Å². The lowest BCUT2D eigenvalue weighted by molar-refractivity contribution is 0.0127. The molecule has 0 aliphatic rings. The summed E-state index contributed by atoms with van der Waals surface area (Å²) in [5.41, 5.74) is 4.79. The topological polar surface area (TPSA) is 72.6 Å². The molecule has 0 saturated heterocycles. The molecule has 0 bridgehead atoms. The average molecular weight is 330 g/mol. The Kier molecular flexibility index (Phi) is 4.98. The predicted octanol–water partition coefficient (Wildman–Crippen LogP) is 2.96. The second kappa shape index (κ2) is 5.92. The molecule has 0 heterocycles. The Balaban J connectivity index is 3.01. The van der Waals surface area contributed by atoms with Crippen LogP contribution in [-0.2, 0) is 10.2 Å². The van der Waals surface area contributed by atoms with E-state index < -0.39 is 17.1 Å². The van der Waals surface area contributed by atoms with Crippen molar-refractivity contribution >= 4 is 22.0 Å². The van der Waals surface area contributed by atoms with Crippen LogP contribution in [0.15, 0.2) is 28.7 Å². The Morgan fingerprint density at radius 3 is 2.53 bits per heavy atom. The van der Waals surface area contributed by atoms with Crippen molar-refractivity contribution in [1.82, 2.24) is 0 Å². The van der Waals surface area contributed by atoms with Crippen molar-refractivity contribution in [2.75, 3.05) is 6.61 Å². The lowest BCUT2D eigenvalue weighted by Gasteiger charge is -2.36. The number of aliphatic hydroxyl groups is 1. The third-order valence-corrected chi connectivity index (χ3v) is 3.56. The number of hydrogen-bond donors (Lipinski definition) is 2. The van der Waals surface area contributed by atoms with Crippen LogP contribution in [0.25, 0.3) is 0 Å². The van der Waals surface area contributed by atoms with Gasteiger partial charge in [0.05, 0.1) is 6.61 Å². The van der Waals surface area contributed by atoms with Gasteiger partial charge >= 0.3 is 6.09 Å². The van der Waals surface area contributed by atoms with E-state index in [0.29, 0.717) is 6.42 Å². The van der Waals surface area contributed by atoms with E-state index in [1.807, 2.05) is 31.2 Å². The fourth-order valence-corrected chi connectivity index (χ4v) is 2.76. The normalized spacial score (nSPS) is 14.8. The van der Waals surface area contributed by atoms with Gasteiger partial charge in [0.2, 0.25) is 0 Å². The summed E-state index contributed by atoms with van der Waals surface area (Å²) in [5, 5.41) is 9.74. The van der Waals surface area contributed by atoms with Crippen molar-refractivity contribution in [2.24, 2.45) is 5.73 Å². The molecule has 0 spiro atoms. The molecule has 0 aliphatic heterocycles. The van der Waals surface area contributed by atoms with Crippen LogP contribution in [-0.4, -0.2) is 23.4 Å². The van der Waals surface area contributed by atoms with Gasteiger partial charge in [0.25, 0.3) is 0 Å². The van der Waals surface area contributed by atoms with E-state index in [-0.39, 0.29) is 6.61 Å². The maximum Gasteiger partial charge on any atom is 0.405 e. The largest absolute Gasteiger partial charge is 0.444 e. The molecule has 0 saturated carbocycles. The molecule has 1 aromatic rings. The minimum Gasteiger partial charge on any atom is -0.444 e. The Morgan fingerprint density at radius 1 is 1.42 bits per heavy atom. The molecule has 1 atom stereocenters. The zero-order valence-electron chi connectivity index (χ0n) is 11.4. The van der Waals surface area contributed by atoms with Crippen molar-refractivity contribution in [2.45, 2.75) is 38.2 Å². The number of nitrogens with two attached hydrogens (primary N) is 1. The first-order chi connectivity index (χ1) is 8.68. The molecule has 0 fully saturated rings. The van der Waals surface area contributed by atoms with Crippen LogP contribution < -0.4 is 5.73 Å². The van der Waals surface area contributed by atoms with E-state index in [2.05, 4.69) is 15.9 Å².